The van der Waals surface area contributed by atoms with E-state index in [9.17, 15) is 17.6 Å². The van der Waals surface area contributed by atoms with E-state index >= 15 is 0 Å². The molecule has 0 aromatic heterocycles. The zero-order valence-corrected chi connectivity index (χ0v) is 17.5. The molecule has 0 spiro atoms. The van der Waals surface area contributed by atoms with Crippen molar-refractivity contribution in [2.24, 2.45) is 0 Å². The molecule has 9 heteroatoms. The molecule has 2 N–H and O–H groups in total. The van der Waals surface area contributed by atoms with E-state index in [0.717, 1.165) is 0 Å². The van der Waals surface area contributed by atoms with E-state index in [1.165, 1.54) is 49.6 Å². The van der Waals surface area contributed by atoms with Gasteiger partial charge in [0.25, 0.3) is 15.9 Å². The van der Waals surface area contributed by atoms with Crippen LogP contribution in [0.2, 0.25) is 0 Å². The maximum absolute atomic E-state index is 13.1. The summed E-state index contributed by atoms with van der Waals surface area (Å²) in [5, 5.41) is 2.66. The molecule has 0 aliphatic heterocycles. The minimum absolute atomic E-state index is 0.00407. The van der Waals surface area contributed by atoms with Crippen LogP contribution in [0.5, 0.6) is 11.5 Å². The van der Waals surface area contributed by atoms with Crippen molar-refractivity contribution in [2.75, 3.05) is 25.0 Å². The Hall–Kier alpha value is -3.59. The summed E-state index contributed by atoms with van der Waals surface area (Å²) in [7, 11) is -2.41. The highest BCUT2D eigenvalue weighted by Crippen LogP contribution is 2.26. The normalized spacial score (nSPS) is 10.9. The van der Waals surface area contributed by atoms with E-state index in [0.29, 0.717) is 22.7 Å². The van der Waals surface area contributed by atoms with Crippen molar-refractivity contribution in [1.29, 1.82) is 0 Å². The van der Waals surface area contributed by atoms with Crippen molar-refractivity contribution in [3.05, 3.63) is 84.2 Å². The number of sulfonamides is 1. The predicted molar refractivity (Wildman–Crippen MR) is 114 cm³/mol. The number of hydrogen-bond acceptors (Lipinski definition) is 5. The SMILES string of the molecule is COc1ccccc1NS(=O)(=O)c1ccc(C(=O)NCCOc2cccc(F)c2)cc1. The number of benzene rings is 3. The van der Waals surface area contributed by atoms with Crippen molar-refractivity contribution in [1.82, 2.24) is 5.32 Å². The molecule has 1 amide bonds. The monoisotopic (exact) mass is 444 g/mol. The second kappa shape index (κ2) is 9.94. The molecule has 0 saturated carbocycles. The number of halogens is 1. The Labute approximate surface area is 179 Å². The Morgan fingerprint density at radius 3 is 2.45 bits per heavy atom. The van der Waals surface area contributed by atoms with Gasteiger partial charge in [0.05, 0.1) is 24.2 Å². The van der Waals surface area contributed by atoms with Crippen LogP contribution in [0, 0.1) is 5.82 Å². The van der Waals surface area contributed by atoms with Crippen LogP contribution in [0.4, 0.5) is 10.1 Å². The third-order valence-electron chi connectivity index (χ3n) is 4.23. The van der Waals surface area contributed by atoms with E-state index in [1.54, 1.807) is 30.3 Å². The summed E-state index contributed by atoms with van der Waals surface area (Å²) in [6, 6.07) is 17.9. The lowest BCUT2D eigenvalue weighted by molar-refractivity contribution is 0.0947. The lowest BCUT2D eigenvalue weighted by atomic mass is 10.2. The van der Waals surface area contributed by atoms with E-state index in [-0.39, 0.29) is 24.0 Å². The van der Waals surface area contributed by atoms with Gasteiger partial charge in [-0.3, -0.25) is 9.52 Å². The first kappa shape index (κ1) is 22.1. The summed E-state index contributed by atoms with van der Waals surface area (Å²) < 4.78 is 51.3. The van der Waals surface area contributed by atoms with Crippen LogP contribution in [0.25, 0.3) is 0 Å². The molecular formula is C22H21FN2O5S. The van der Waals surface area contributed by atoms with Crippen molar-refractivity contribution in [3.8, 4) is 11.5 Å². The highest BCUT2D eigenvalue weighted by molar-refractivity contribution is 7.92. The third-order valence-corrected chi connectivity index (χ3v) is 5.61. The van der Waals surface area contributed by atoms with Crippen molar-refractivity contribution in [3.63, 3.8) is 0 Å². The van der Waals surface area contributed by atoms with E-state index in [1.807, 2.05) is 0 Å². The lowest BCUT2D eigenvalue weighted by Crippen LogP contribution is -2.28. The van der Waals surface area contributed by atoms with Crippen LogP contribution in [-0.2, 0) is 10.0 Å². The van der Waals surface area contributed by atoms with Gasteiger partial charge in [0, 0.05) is 11.6 Å². The topological polar surface area (TPSA) is 93.7 Å². The molecule has 0 radical (unpaired) electrons. The van der Waals surface area contributed by atoms with Gasteiger partial charge in [0.1, 0.15) is 23.9 Å². The molecule has 0 bridgehead atoms. The Kier molecular flexibility index (Phi) is 7.09. The number of ether oxygens (including phenoxy) is 2. The van der Waals surface area contributed by atoms with Gasteiger partial charge < -0.3 is 14.8 Å². The van der Waals surface area contributed by atoms with Crippen LogP contribution in [-0.4, -0.2) is 34.6 Å². The van der Waals surface area contributed by atoms with Gasteiger partial charge in [0.2, 0.25) is 0 Å². The zero-order chi connectivity index (χ0) is 22.3. The molecule has 7 nitrogen and oxygen atoms in total. The molecule has 0 atom stereocenters. The fourth-order valence-corrected chi connectivity index (χ4v) is 3.78. The first-order valence-corrected chi connectivity index (χ1v) is 10.8. The number of rotatable bonds is 9. The Morgan fingerprint density at radius 1 is 1.00 bits per heavy atom. The Balaban J connectivity index is 1.56. The molecular weight excluding hydrogens is 423 g/mol. The molecule has 3 aromatic carbocycles. The van der Waals surface area contributed by atoms with E-state index in [4.69, 9.17) is 9.47 Å². The van der Waals surface area contributed by atoms with Crippen molar-refractivity contribution < 1.29 is 27.1 Å². The average molecular weight is 444 g/mol. The van der Waals surface area contributed by atoms with Gasteiger partial charge in [-0.15, -0.1) is 0 Å². The second-order valence-corrected chi connectivity index (χ2v) is 8.07. The molecule has 0 saturated heterocycles. The Bertz CT molecular complexity index is 1150. The third kappa shape index (κ3) is 5.95. The molecule has 0 unspecified atom stereocenters. The van der Waals surface area contributed by atoms with Gasteiger partial charge >= 0.3 is 0 Å². The highest BCUT2D eigenvalue weighted by atomic mass is 32.2. The van der Waals surface area contributed by atoms with E-state index in [2.05, 4.69) is 10.0 Å². The lowest BCUT2D eigenvalue weighted by Gasteiger charge is -2.12. The van der Waals surface area contributed by atoms with Crippen molar-refractivity contribution in [2.45, 2.75) is 4.90 Å². The fourth-order valence-electron chi connectivity index (χ4n) is 2.71. The summed E-state index contributed by atoms with van der Waals surface area (Å²) in [5.74, 6) is -0.0323. The number of anilines is 1. The van der Waals surface area contributed by atoms with Gasteiger partial charge in [-0.1, -0.05) is 18.2 Å². The number of amides is 1. The molecule has 0 aliphatic rings. The smallest absolute Gasteiger partial charge is 0.262 e. The highest BCUT2D eigenvalue weighted by Gasteiger charge is 2.17. The van der Waals surface area contributed by atoms with Crippen molar-refractivity contribution >= 4 is 21.6 Å². The number of methoxy groups -OCH3 is 1. The number of nitrogens with one attached hydrogen (secondary N) is 2. The van der Waals surface area contributed by atoms with Gasteiger partial charge in [-0.2, -0.15) is 0 Å². The predicted octanol–water partition coefficient (Wildman–Crippen LogP) is 3.44. The van der Waals surface area contributed by atoms with Crippen LogP contribution in [0.3, 0.4) is 0 Å². The van der Waals surface area contributed by atoms with Crippen LogP contribution < -0.4 is 19.5 Å². The fraction of sp³-hybridized carbons (Fsp3) is 0.136. The van der Waals surface area contributed by atoms with Gasteiger partial charge in [0.15, 0.2) is 0 Å². The summed E-state index contributed by atoms with van der Waals surface area (Å²) in [5.41, 5.74) is 0.604. The first-order valence-electron chi connectivity index (χ1n) is 9.31. The minimum Gasteiger partial charge on any atom is -0.495 e. The molecule has 0 heterocycles. The molecule has 0 fully saturated rings. The number of hydrogen-bond donors (Lipinski definition) is 2. The maximum Gasteiger partial charge on any atom is 0.262 e. The zero-order valence-electron chi connectivity index (χ0n) is 16.7. The molecule has 3 rings (SSSR count). The summed E-state index contributed by atoms with van der Waals surface area (Å²) in [6.07, 6.45) is 0. The van der Waals surface area contributed by atoms with Crippen LogP contribution in [0.15, 0.2) is 77.7 Å². The quantitative estimate of drug-likeness (QED) is 0.493. The standard InChI is InChI=1S/C22H21FN2O5S/c1-29-21-8-3-2-7-20(21)25-31(27,28)19-11-9-16(10-12-19)22(26)24-13-14-30-18-6-4-5-17(23)15-18/h2-12,15,25H,13-14H2,1H3,(H,24,26). The minimum atomic E-state index is -3.86. The molecule has 162 valence electrons. The second-order valence-electron chi connectivity index (χ2n) is 6.39. The number of carbonyl (C=O) groups excluding carboxylic acids is 1. The van der Waals surface area contributed by atoms with E-state index < -0.39 is 15.8 Å². The largest absolute Gasteiger partial charge is 0.495 e. The van der Waals surface area contributed by atoms with Gasteiger partial charge in [-0.25, -0.2) is 12.8 Å². The number of carbonyl (C=O) groups is 1. The molecule has 0 aliphatic carbocycles. The molecule has 3 aromatic rings. The van der Waals surface area contributed by atoms with Crippen LogP contribution in [0.1, 0.15) is 10.4 Å². The Morgan fingerprint density at radius 2 is 1.74 bits per heavy atom. The summed E-state index contributed by atoms with van der Waals surface area (Å²) >= 11 is 0. The maximum atomic E-state index is 13.1. The average Bonchev–Trinajstić information content (AvgIpc) is 2.77. The van der Waals surface area contributed by atoms with Gasteiger partial charge in [-0.05, 0) is 48.5 Å². The summed E-state index contributed by atoms with van der Waals surface area (Å²) in [6.45, 7) is 0.356. The first-order chi connectivity index (χ1) is 14.9. The molecule has 31 heavy (non-hydrogen) atoms. The number of para-hydroxylation sites is 2. The summed E-state index contributed by atoms with van der Waals surface area (Å²) in [4.78, 5) is 12.2. The van der Waals surface area contributed by atoms with Crippen LogP contribution >= 0.6 is 0 Å².